The van der Waals surface area contributed by atoms with Crippen molar-refractivity contribution < 1.29 is 14.7 Å². The van der Waals surface area contributed by atoms with Crippen LogP contribution < -0.4 is 5.32 Å². The molecule has 0 aliphatic heterocycles. The van der Waals surface area contributed by atoms with E-state index in [1.54, 1.807) is 0 Å². The van der Waals surface area contributed by atoms with Gasteiger partial charge in [0.25, 0.3) is 0 Å². The summed E-state index contributed by atoms with van der Waals surface area (Å²) in [6, 6.07) is 0.205. The highest BCUT2D eigenvalue weighted by Crippen LogP contribution is 2.53. The maximum absolute atomic E-state index is 12.7. The molecule has 0 radical (unpaired) electrons. The lowest BCUT2D eigenvalue weighted by atomic mass is 9.78. The molecule has 22 heavy (non-hydrogen) atoms. The molecule has 4 heteroatoms. The second-order valence-electron chi connectivity index (χ2n) is 8.36. The molecule has 4 aliphatic rings. The van der Waals surface area contributed by atoms with Gasteiger partial charge in [-0.15, -0.1) is 0 Å². The Kier molecular flexibility index (Phi) is 3.46. The number of carbonyl (C=O) groups excluding carboxylic acids is 1. The van der Waals surface area contributed by atoms with Gasteiger partial charge >= 0.3 is 5.97 Å². The maximum atomic E-state index is 12.7. The van der Waals surface area contributed by atoms with Crippen LogP contribution in [0.3, 0.4) is 0 Å². The molecular formula is C18H27NO3. The number of carboxylic acids is 1. The summed E-state index contributed by atoms with van der Waals surface area (Å²) in [5, 5.41) is 12.7. The summed E-state index contributed by atoms with van der Waals surface area (Å²) in [5.74, 6) is 1.36. The summed E-state index contributed by atoms with van der Waals surface area (Å²) in [6.07, 6.45) is 8.26. The quantitative estimate of drug-likeness (QED) is 0.839. The number of rotatable bonds is 4. The van der Waals surface area contributed by atoms with E-state index in [-0.39, 0.29) is 23.8 Å². The monoisotopic (exact) mass is 305 g/mol. The summed E-state index contributed by atoms with van der Waals surface area (Å²) in [5.41, 5.74) is 0. The Balaban J connectivity index is 1.42. The first-order valence-corrected chi connectivity index (χ1v) is 9.07. The zero-order chi connectivity index (χ0) is 15.4. The van der Waals surface area contributed by atoms with Crippen molar-refractivity contribution in [2.24, 2.45) is 41.4 Å². The Morgan fingerprint density at radius 3 is 2.23 bits per heavy atom. The Hall–Kier alpha value is -1.06. The molecule has 4 rings (SSSR count). The van der Waals surface area contributed by atoms with Gasteiger partial charge in [0, 0.05) is 6.04 Å². The van der Waals surface area contributed by atoms with E-state index < -0.39 is 11.9 Å². The van der Waals surface area contributed by atoms with Crippen LogP contribution in [-0.4, -0.2) is 23.0 Å². The van der Waals surface area contributed by atoms with Crippen molar-refractivity contribution in [3.63, 3.8) is 0 Å². The van der Waals surface area contributed by atoms with E-state index in [4.69, 9.17) is 0 Å². The molecule has 1 amide bonds. The molecule has 122 valence electrons. The van der Waals surface area contributed by atoms with Crippen molar-refractivity contribution in [3.05, 3.63) is 0 Å². The number of carboxylic acid groups (broad SMARTS) is 1. The lowest BCUT2D eigenvalue weighted by Crippen LogP contribution is -2.47. The highest BCUT2D eigenvalue weighted by Gasteiger charge is 2.54. The summed E-state index contributed by atoms with van der Waals surface area (Å²) < 4.78 is 0. The fourth-order valence-electron chi connectivity index (χ4n) is 6.36. The Bertz CT molecular complexity index is 491. The van der Waals surface area contributed by atoms with Crippen molar-refractivity contribution >= 4 is 11.9 Å². The highest BCUT2D eigenvalue weighted by molar-refractivity contribution is 5.86. The molecule has 8 atom stereocenters. The van der Waals surface area contributed by atoms with Crippen molar-refractivity contribution in [2.45, 2.75) is 57.9 Å². The van der Waals surface area contributed by atoms with E-state index in [1.165, 1.54) is 25.7 Å². The van der Waals surface area contributed by atoms with Crippen LogP contribution in [-0.2, 0) is 9.59 Å². The van der Waals surface area contributed by atoms with Crippen LogP contribution in [0.2, 0.25) is 0 Å². The zero-order valence-corrected chi connectivity index (χ0v) is 13.3. The molecule has 4 aliphatic carbocycles. The lowest BCUT2D eigenvalue weighted by Gasteiger charge is -2.32. The zero-order valence-electron chi connectivity index (χ0n) is 13.3. The van der Waals surface area contributed by atoms with Gasteiger partial charge in [0.1, 0.15) is 0 Å². The summed E-state index contributed by atoms with van der Waals surface area (Å²) in [6.45, 7) is 2.13. The molecule has 0 aromatic carbocycles. The van der Waals surface area contributed by atoms with Gasteiger partial charge in [-0.05, 0) is 75.0 Å². The second kappa shape index (κ2) is 5.24. The van der Waals surface area contributed by atoms with Gasteiger partial charge in [-0.3, -0.25) is 9.59 Å². The minimum absolute atomic E-state index is 0.0230. The Morgan fingerprint density at radius 2 is 1.64 bits per heavy atom. The minimum Gasteiger partial charge on any atom is -0.481 e. The third-order valence-electron chi connectivity index (χ3n) is 7.31. The van der Waals surface area contributed by atoms with Gasteiger partial charge in [-0.25, -0.2) is 0 Å². The van der Waals surface area contributed by atoms with Crippen LogP contribution in [0.25, 0.3) is 0 Å². The SMILES string of the molecule is C[C@@H](NC(=O)[C@@H]1[C@@H]2CC[C@@H](C2)[C@@H]1C(=O)O)[C@@H]1C[C@@H]2CC[C@@H]1C2. The van der Waals surface area contributed by atoms with Gasteiger partial charge in [0.2, 0.25) is 5.91 Å². The number of hydrogen-bond acceptors (Lipinski definition) is 2. The number of amides is 1. The average molecular weight is 305 g/mol. The van der Waals surface area contributed by atoms with Crippen LogP contribution in [0.5, 0.6) is 0 Å². The fourth-order valence-corrected chi connectivity index (χ4v) is 6.36. The van der Waals surface area contributed by atoms with Crippen LogP contribution in [0, 0.1) is 41.4 Å². The predicted molar refractivity (Wildman–Crippen MR) is 82.0 cm³/mol. The van der Waals surface area contributed by atoms with Gasteiger partial charge in [-0.2, -0.15) is 0 Å². The van der Waals surface area contributed by atoms with Gasteiger partial charge < -0.3 is 10.4 Å². The highest BCUT2D eigenvalue weighted by atomic mass is 16.4. The van der Waals surface area contributed by atoms with Crippen molar-refractivity contribution in [1.29, 1.82) is 0 Å². The molecule has 0 aromatic heterocycles. The van der Waals surface area contributed by atoms with E-state index in [2.05, 4.69) is 12.2 Å². The summed E-state index contributed by atoms with van der Waals surface area (Å²) in [4.78, 5) is 24.3. The van der Waals surface area contributed by atoms with Gasteiger partial charge in [0.15, 0.2) is 0 Å². The first-order valence-electron chi connectivity index (χ1n) is 9.07. The fraction of sp³-hybridized carbons (Fsp3) is 0.889. The molecule has 4 bridgehead atoms. The number of carbonyl (C=O) groups is 2. The summed E-state index contributed by atoms with van der Waals surface area (Å²) in [7, 11) is 0. The molecule has 4 saturated carbocycles. The molecule has 4 nitrogen and oxygen atoms in total. The normalized spacial score (nSPS) is 46.9. The molecule has 0 aromatic rings. The van der Waals surface area contributed by atoms with Gasteiger partial charge in [0.05, 0.1) is 11.8 Å². The molecule has 4 fully saturated rings. The molecular weight excluding hydrogens is 278 g/mol. The molecule has 0 heterocycles. The third-order valence-corrected chi connectivity index (χ3v) is 7.31. The van der Waals surface area contributed by atoms with Crippen LogP contribution in [0.15, 0.2) is 0 Å². The second-order valence-corrected chi connectivity index (χ2v) is 8.36. The van der Waals surface area contributed by atoms with E-state index in [0.29, 0.717) is 11.8 Å². The standard InChI is InChI=1S/C18H27NO3/c1-9(14-7-10-2-3-11(14)6-10)19-17(20)15-12-4-5-13(8-12)16(15)18(21)22/h9-16H,2-8H2,1H3,(H,19,20)(H,21,22)/t9-,10-,11-,12-,13+,14+,15-,16+/m1/s1. The predicted octanol–water partition coefficient (Wildman–Crippen LogP) is 2.67. The third kappa shape index (κ3) is 2.17. The van der Waals surface area contributed by atoms with Crippen LogP contribution in [0.1, 0.15) is 51.9 Å². The van der Waals surface area contributed by atoms with E-state index in [1.807, 2.05) is 0 Å². The number of nitrogens with one attached hydrogen (secondary N) is 1. The largest absolute Gasteiger partial charge is 0.481 e. The van der Waals surface area contributed by atoms with Crippen molar-refractivity contribution in [1.82, 2.24) is 5.32 Å². The first kappa shape index (κ1) is 14.5. The Morgan fingerprint density at radius 1 is 0.955 bits per heavy atom. The molecule has 0 unspecified atom stereocenters. The van der Waals surface area contributed by atoms with Crippen LogP contribution in [0.4, 0.5) is 0 Å². The van der Waals surface area contributed by atoms with Crippen LogP contribution >= 0.6 is 0 Å². The number of fused-ring (bicyclic) bond motifs is 4. The Labute approximate surface area is 132 Å². The molecule has 2 N–H and O–H groups in total. The van der Waals surface area contributed by atoms with Crippen molar-refractivity contribution in [3.8, 4) is 0 Å². The van der Waals surface area contributed by atoms with E-state index in [9.17, 15) is 14.7 Å². The lowest BCUT2D eigenvalue weighted by molar-refractivity contribution is -0.149. The number of aliphatic carboxylic acids is 1. The molecule has 0 saturated heterocycles. The summed E-state index contributed by atoms with van der Waals surface area (Å²) >= 11 is 0. The van der Waals surface area contributed by atoms with Crippen molar-refractivity contribution in [2.75, 3.05) is 0 Å². The topological polar surface area (TPSA) is 66.4 Å². The average Bonchev–Trinajstić information content (AvgIpc) is 3.24. The van der Waals surface area contributed by atoms with Gasteiger partial charge in [-0.1, -0.05) is 6.42 Å². The molecule has 0 spiro atoms. The first-order chi connectivity index (χ1) is 10.5. The van der Waals surface area contributed by atoms with E-state index >= 15 is 0 Å². The van der Waals surface area contributed by atoms with E-state index in [0.717, 1.165) is 31.1 Å². The minimum atomic E-state index is -0.764. The maximum Gasteiger partial charge on any atom is 0.307 e. The smallest absolute Gasteiger partial charge is 0.307 e. The number of hydrogen-bond donors (Lipinski definition) is 2.